The fourth-order valence-corrected chi connectivity index (χ4v) is 4.05. The molecule has 35 heavy (non-hydrogen) atoms. The molecule has 181 valence electrons. The molecule has 0 saturated carbocycles. The van der Waals surface area contributed by atoms with E-state index in [1.165, 1.54) is 26.6 Å². The maximum atomic E-state index is 9.27. The van der Waals surface area contributed by atoms with Crippen molar-refractivity contribution in [2.24, 2.45) is 5.41 Å². The third-order valence-electron chi connectivity index (χ3n) is 5.38. The Balaban J connectivity index is 0.000000190. The number of phenolic OH excluding ortho intramolecular Hbond substituents is 1. The molecule has 0 saturated heterocycles. The number of benzene rings is 3. The van der Waals surface area contributed by atoms with E-state index in [2.05, 4.69) is 128 Å². The summed E-state index contributed by atoms with van der Waals surface area (Å²) in [4.78, 5) is 0. The molecule has 0 amide bonds. The summed E-state index contributed by atoms with van der Waals surface area (Å²) < 4.78 is 1.33. The van der Waals surface area contributed by atoms with Crippen LogP contribution in [0.2, 0.25) is 5.02 Å². The normalized spacial score (nSPS) is 12.7. The van der Waals surface area contributed by atoms with Crippen molar-refractivity contribution in [2.75, 3.05) is 0 Å². The van der Waals surface area contributed by atoms with E-state index in [1.54, 1.807) is 6.07 Å². The van der Waals surface area contributed by atoms with E-state index >= 15 is 0 Å². The standard InChI is InChI=1S/C13H10.C10H13ClO.C9H13.Ti/c1-3-7-12(8-4-1)11-13-9-5-2-6-10-13;1-10(2,3)7-4-8(11)6-9(12)5-7;1-9(2,3)8-6-4-5-7-8;/h1-10H;4-6,12H,1-3H3;4,6H,5H2,1-3H3;/q;;-1;+1. The Kier molecular flexibility index (Phi) is 11.0. The Bertz CT molecular complexity index is 1090. The van der Waals surface area contributed by atoms with Crippen LogP contribution in [0.1, 0.15) is 64.7 Å². The van der Waals surface area contributed by atoms with Gasteiger partial charge in [0.05, 0.1) is 0 Å². The quantitative estimate of drug-likeness (QED) is 0.265. The van der Waals surface area contributed by atoms with Crippen molar-refractivity contribution in [3.8, 4) is 5.75 Å². The fourth-order valence-electron chi connectivity index (χ4n) is 3.30. The minimum absolute atomic E-state index is 0.0301. The van der Waals surface area contributed by atoms with Gasteiger partial charge in [0.15, 0.2) is 0 Å². The number of halogens is 1. The molecule has 0 heterocycles. The summed E-state index contributed by atoms with van der Waals surface area (Å²) in [5.74, 6) is 0.229. The van der Waals surface area contributed by atoms with Crippen LogP contribution in [0.3, 0.4) is 0 Å². The second kappa shape index (κ2) is 13.2. The molecule has 3 aromatic rings. The molecule has 4 rings (SSSR count). The van der Waals surface area contributed by atoms with Gasteiger partial charge in [0.25, 0.3) is 0 Å². The van der Waals surface area contributed by atoms with Crippen molar-refractivity contribution >= 4 is 15.4 Å². The number of hydrogen-bond acceptors (Lipinski definition) is 1. The van der Waals surface area contributed by atoms with Crippen LogP contribution in [0.25, 0.3) is 0 Å². The van der Waals surface area contributed by atoms with Crippen LogP contribution >= 0.6 is 11.6 Å². The molecular weight excluding hydrogens is 484 g/mol. The van der Waals surface area contributed by atoms with E-state index in [9.17, 15) is 5.11 Å². The predicted octanol–water partition coefficient (Wildman–Crippen LogP) is 8.87. The number of rotatable bonds is 2. The van der Waals surface area contributed by atoms with Crippen LogP contribution in [0.5, 0.6) is 5.75 Å². The van der Waals surface area contributed by atoms with E-state index < -0.39 is 0 Å². The summed E-state index contributed by atoms with van der Waals surface area (Å²) in [6.45, 7) is 12.9. The molecule has 0 unspecified atom stereocenters. The molecule has 1 nitrogen and oxygen atoms in total. The first-order valence-electron chi connectivity index (χ1n) is 11.8. The van der Waals surface area contributed by atoms with Crippen LogP contribution in [0.4, 0.5) is 0 Å². The van der Waals surface area contributed by atoms with E-state index in [4.69, 9.17) is 11.6 Å². The van der Waals surface area contributed by atoms with Gasteiger partial charge in [-0.15, -0.1) is 6.42 Å². The first-order chi connectivity index (χ1) is 16.4. The summed E-state index contributed by atoms with van der Waals surface area (Å²) in [5, 5.41) is 9.86. The molecule has 0 spiro atoms. The number of allylic oxidation sites excluding steroid dienone is 4. The van der Waals surface area contributed by atoms with Gasteiger partial charge < -0.3 is 5.11 Å². The first kappa shape index (κ1) is 29.0. The van der Waals surface area contributed by atoms with Gasteiger partial charge in [-0.25, -0.2) is 11.6 Å². The number of hydrogen-bond donors (Lipinski definition) is 1. The van der Waals surface area contributed by atoms with Gasteiger partial charge >= 0.3 is 95.6 Å². The predicted molar refractivity (Wildman–Crippen MR) is 148 cm³/mol. The Hall–Kier alpha value is -2.19. The Morgan fingerprint density at radius 1 is 0.800 bits per heavy atom. The average molecular weight is 520 g/mol. The SMILES string of the molecule is CC(C)(C)C1=[C-]CC=C1.CC(C)(C)c1cc(O)cc(Cl)c1.[Ti+]=[C](c1ccccc1)c1ccccc1. The van der Waals surface area contributed by atoms with Crippen molar-refractivity contribution < 1.29 is 25.1 Å². The monoisotopic (exact) mass is 519 g/mol. The molecule has 0 atom stereocenters. The Morgan fingerprint density at radius 2 is 1.31 bits per heavy atom. The molecule has 0 fully saturated rings. The number of aromatic hydroxyl groups is 1. The molecule has 0 aromatic heterocycles. The molecule has 0 bridgehead atoms. The molecular formula is C32H36ClOTi. The van der Waals surface area contributed by atoms with Gasteiger partial charge in [0.1, 0.15) is 5.75 Å². The Labute approximate surface area is 228 Å². The van der Waals surface area contributed by atoms with Crippen LogP contribution < -0.4 is 0 Å². The summed E-state index contributed by atoms with van der Waals surface area (Å²) >= 11 is 7.95. The molecule has 3 heteroatoms. The average Bonchev–Trinajstić information content (AvgIpc) is 3.35. The van der Waals surface area contributed by atoms with Gasteiger partial charge in [-0.2, -0.15) is 6.08 Å². The van der Waals surface area contributed by atoms with Crippen molar-refractivity contribution in [1.82, 2.24) is 0 Å². The van der Waals surface area contributed by atoms with Crippen molar-refractivity contribution in [3.05, 3.63) is 124 Å². The van der Waals surface area contributed by atoms with Crippen molar-refractivity contribution in [3.63, 3.8) is 0 Å². The first-order valence-corrected chi connectivity index (χ1v) is 13.0. The topological polar surface area (TPSA) is 20.2 Å². The van der Waals surface area contributed by atoms with Crippen LogP contribution in [-0.2, 0) is 25.4 Å². The van der Waals surface area contributed by atoms with E-state index in [0.29, 0.717) is 10.4 Å². The number of phenols is 1. The second-order valence-electron chi connectivity index (χ2n) is 10.5. The third kappa shape index (κ3) is 10.1. The third-order valence-corrected chi connectivity index (χ3v) is 6.50. The Morgan fingerprint density at radius 3 is 1.66 bits per heavy atom. The second-order valence-corrected chi connectivity index (χ2v) is 11.7. The van der Waals surface area contributed by atoms with Gasteiger partial charge in [-0.05, 0) is 34.6 Å². The summed E-state index contributed by atoms with van der Waals surface area (Å²) in [6, 6.07) is 26.1. The van der Waals surface area contributed by atoms with Crippen molar-refractivity contribution in [2.45, 2.75) is 53.4 Å². The molecule has 1 N–H and O–H groups in total. The van der Waals surface area contributed by atoms with Crippen molar-refractivity contribution in [1.29, 1.82) is 0 Å². The van der Waals surface area contributed by atoms with Gasteiger partial charge in [0.2, 0.25) is 0 Å². The summed E-state index contributed by atoms with van der Waals surface area (Å²) in [7, 11) is 0. The van der Waals surface area contributed by atoms with E-state index in [0.717, 1.165) is 12.0 Å². The zero-order valence-corrected chi connectivity index (χ0v) is 24.0. The molecule has 0 aliphatic heterocycles. The van der Waals surface area contributed by atoms with E-state index in [1.807, 2.05) is 18.2 Å². The van der Waals surface area contributed by atoms with Gasteiger partial charge in [-0.3, -0.25) is 6.08 Å². The molecule has 0 radical (unpaired) electrons. The summed E-state index contributed by atoms with van der Waals surface area (Å²) in [5.41, 5.74) is 5.31. The van der Waals surface area contributed by atoms with Crippen LogP contribution in [0, 0.1) is 11.5 Å². The zero-order valence-electron chi connectivity index (χ0n) is 21.7. The van der Waals surface area contributed by atoms with Crippen LogP contribution in [0.15, 0.2) is 96.6 Å². The zero-order chi connectivity index (χ0) is 26.1. The summed E-state index contributed by atoms with van der Waals surface area (Å²) in [6.07, 6.45) is 8.63. The van der Waals surface area contributed by atoms with Gasteiger partial charge in [-0.1, -0.05) is 53.1 Å². The maximum absolute atomic E-state index is 9.27. The molecule has 3 aromatic carbocycles. The molecule has 1 aliphatic rings. The van der Waals surface area contributed by atoms with Crippen LogP contribution in [-0.4, -0.2) is 8.92 Å². The van der Waals surface area contributed by atoms with Gasteiger partial charge in [0, 0.05) is 5.02 Å². The fraction of sp³-hybridized carbons (Fsp3) is 0.281. The molecule has 1 aliphatic carbocycles. The minimum atomic E-state index is 0.0301. The van der Waals surface area contributed by atoms with E-state index in [-0.39, 0.29) is 11.2 Å².